The summed E-state index contributed by atoms with van der Waals surface area (Å²) in [4.78, 5) is 11.3. The Hall–Kier alpha value is -1.24. The molecule has 0 bridgehead atoms. The van der Waals surface area contributed by atoms with E-state index in [0.717, 1.165) is 4.31 Å². The average molecular weight is 285 g/mol. The second-order valence-electron chi connectivity index (χ2n) is 5.02. The number of hydrogen-bond acceptors (Lipinski definition) is 4. The molecular weight excluding hydrogens is 266 g/mol. The summed E-state index contributed by atoms with van der Waals surface area (Å²) in [7, 11) is -2.27. The second kappa shape index (κ2) is 5.40. The van der Waals surface area contributed by atoms with Crippen molar-refractivity contribution in [3.63, 3.8) is 0 Å². The number of aliphatic hydroxyl groups excluding tert-OH is 1. The molecule has 19 heavy (non-hydrogen) atoms. The van der Waals surface area contributed by atoms with Crippen molar-refractivity contribution in [1.82, 2.24) is 4.31 Å². The van der Waals surface area contributed by atoms with Crippen LogP contribution < -0.4 is 0 Å². The number of nitrogens with zero attached hydrogens (tertiary/aromatic N) is 1. The quantitative estimate of drug-likeness (QED) is 0.827. The first-order valence-corrected chi connectivity index (χ1v) is 7.28. The van der Waals surface area contributed by atoms with E-state index in [1.54, 1.807) is 13.8 Å². The van der Waals surface area contributed by atoms with Crippen LogP contribution in [0.25, 0.3) is 0 Å². The molecule has 1 aromatic rings. The van der Waals surface area contributed by atoms with Crippen LogP contribution >= 0.6 is 0 Å². The molecule has 1 rings (SSSR count). The smallest absolute Gasteiger partial charge is 0.243 e. The molecule has 0 spiro atoms. The van der Waals surface area contributed by atoms with Crippen LogP contribution in [0.3, 0.4) is 0 Å². The van der Waals surface area contributed by atoms with Gasteiger partial charge < -0.3 is 5.11 Å². The van der Waals surface area contributed by atoms with Crippen molar-refractivity contribution in [2.24, 2.45) is 0 Å². The van der Waals surface area contributed by atoms with Crippen LogP contribution in [0.15, 0.2) is 29.2 Å². The lowest BCUT2D eigenvalue weighted by molar-refractivity contribution is 0.101. The van der Waals surface area contributed by atoms with Gasteiger partial charge in [-0.3, -0.25) is 4.79 Å². The summed E-state index contributed by atoms with van der Waals surface area (Å²) >= 11 is 0. The van der Waals surface area contributed by atoms with Gasteiger partial charge in [0.15, 0.2) is 5.78 Å². The van der Waals surface area contributed by atoms with Crippen LogP contribution in [0.2, 0.25) is 0 Å². The van der Waals surface area contributed by atoms with Gasteiger partial charge in [0.2, 0.25) is 10.0 Å². The Bertz CT molecular complexity index is 561. The van der Waals surface area contributed by atoms with E-state index >= 15 is 0 Å². The highest BCUT2D eigenvalue weighted by atomic mass is 32.2. The highest BCUT2D eigenvalue weighted by Crippen LogP contribution is 2.22. The van der Waals surface area contributed by atoms with Crippen molar-refractivity contribution in [3.8, 4) is 0 Å². The first-order chi connectivity index (χ1) is 8.63. The van der Waals surface area contributed by atoms with Gasteiger partial charge >= 0.3 is 0 Å². The van der Waals surface area contributed by atoms with Crippen molar-refractivity contribution in [3.05, 3.63) is 29.8 Å². The summed E-state index contributed by atoms with van der Waals surface area (Å²) in [5, 5.41) is 9.24. The number of ketones is 1. The molecule has 1 N–H and O–H groups in total. The van der Waals surface area contributed by atoms with E-state index in [9.17, 15) is 18.3 Å². The SMILES string of the molecule is CC(=O)c1ccc(S(=O)(=O)N(C)C(C)(C)CO)cc1. The van der Waals surface area contributed by atoms with E-state index in [2.05, 4.69) is 0 Å². The molecule has 0 unspecified atom stereocenters. The van der Waals surface area contributed by atoms with Gasteiger partial charge in [-0.05, 0) is 32.9 Å². The molecule has 1 aromatic carbocycles. The maximum absolute atomic E-state index is 12.3. The number of sulfonamides is 1. The van der Waals surface area contributed by atoms with Crippen molar-refractivity contribution >= 4 is 15.8 Å². The van der Waals surface area contributed by atoms with Crippen molar-refractivity contribution in [1.29, 1.82) is 0 Å². The molecule has 0 aliphatic heterocycles. The minimum absolute atomic E-state index is 0.0986. The molecule has 106 valence electrons. The molecule has 0 amide bonds. The lowest BCUT2D eigenvalue weighted by atomic mass is 10.1. The number of hydrogen-bond donors (Lipinski definition) is 1. The zero-order valence-corrected chi connectivity index (χ0v) is 12.4. The Labute approximate surface area is 113 Å². The first kappa shape index (κ1) is 15.8. The van der Waals surface area contributed by atoms with Crippen LogP contribution in [-0.2, 0) is 10.0 Å². The normalized spacial score (nSPS) is 12.7. The van der Waals surface area contributed by atoms with E-state index in [-0.39, 0.29) is 17.3 Å². The van der Waals surface area contributed by atoms with E-state index in [1.165, 1.54) is 38.2 Å². The second-order valence-corrected chi connectivity index (χ2v) is 6.99. The summed E-state index contributed by atoms with van der Waals surface area (Å²) < 4.78 is 25.8. The highest BCUT2D eigenvalue weighted by molar-refractivity contribution is 7.89. The van der Waals surface area contributed by atoms with E-state index in [4.69, 9.17) is 0 Å². The fourth-order valence-electron chi connectivity index (χ4n) is 1.44. The molecule has 0 heterocycles. The van der Waals surface area contributed by atoms with Gasteiger partial charge in [-0.2, -0.15) is 4.31 Å². The number of aliphatic hydroxyl groups is 1. The van der Waals surface area contributed by atoms with Crippen molar-refractivity contribution in [2.75, 3.05) is 13.7 Å². The van der Waals surface area contributed by atoms with Crippen LogP contribution in [0.5, 0.6) is 0 Å². The molecule has 0 aliphatic rings. The third-order valence-electron chi connectivity index (χ3n) is 3.16. The topological polar surface area (TPSA) is 74.7 Å². The predicted molar refractivity (Wildman–Crippen MR) is 72.6 cm³/mol. The van der Waals surface area contributed by atoms with Gasteiger partial charge in [0.25, 0.3) is 0 Å². The molecule has 0 saturated heterocycles. The standard InChI is InChI=1S/C13H19NO4S/c1-10(16)11-5-7-12(8-6-11)19(17,18)14(4)13(2,3)9-15/h5-8,15H,9H2,1-4H3. The molecule has 6 heteroatoms. The number of carbonyl (C=O) groups is 1. The molecular formula is C13H19NO4S. The van der Waals surface area contributed by atoms with E-state index < -0.39 is 15.6 Å². The zero-order valence-electron chi connectivity index (χ0n) is 11.5. The van der Waals surface area contributed by atoms with Crippen molar-refractivity contribution in [2.45, 2.75) is 31.2 Å². The average Bonchev–Trinajstić information content (AvgIpc) is 2.37. The van der Waals surface area contributed by atoms with Gasteiger partial charge in [0.05, 0.1) is 17.0 Å². The summed E-state index contributed by atoms with van der Waals surface area (Å²) in [5.41, 5.74) is -0.430. The van der Waals surface area contributed by atoms with Crippen LogP contribution in [0.1, 0.15) is 31.1 Å². The van der Waals surface area contributed by atoms with E-state index in [1.807, 2.05) is 0 Å². The summed E-state index contributed by atoms with van der Waals surface area (Å²) in [5.74, 6) is -0.118. The fourth-order valence-corrected chi connectivity index (χ4v) is 2.95. The molecule has 0 saturated carbocycles. The third-order valence-corrected chi connectivity index (χ3v) is 5.24. The maximum atomic E-state index is 12.3. The lowest BCUT2D eigenvalue weighted by Crippen LogP contribution is -2.47. The van der Waals surface area contributed by atoms with Gasteiger partial charge in [0.1, 0.15) is 0 Å². The molecule has 0 fully saturated rings. The number of carbonyl (C=O) groups excluding carboxylic acids is 1. The van der Waals surface area contributed by atoms with Gasteiger partial charge in [-0.15, -0.1) is 0 Å². The maximum Gasteiger partial charge on any atom is 0.243 e. The summed E-state index contributed by atoms with van der Waals surface area (Å²) in [6.45, 7) is 4.40. The Balaban J connectivity index is 3.17. The monoisotopic (exact) mass is 285 g/mol. The molecule has 5 nitrogen and oxygen atoms in total. The lowest BCUT2D eigenvalue weighted by Gasteiger charge is -2.32. The fraction of sp³-hybridized carbons (Fsp3) is 0.462. The molecule has 0 radical (unpaired) electrons. The number of benzene rings is 1. The largest absolute Gasteiger partial charge is 0.394 e. The number of likely N-dealkylation sites (N-methyl/N-ethyl adjacent to an activating group) is 1. The Kier molecular flexibility index (Phi) is 4.50. The van der Waals surface area contributed by atoms with Gasteiger partial charge in [-0.1, -0.05) is 12.1 Å². The summed E-state index contributed by atoms with van der Waals surface area (Å²) in [6.07, 6.45) is 0. The van der Waals surface area contributed by atoms with Gasteiger partial charge in [-0.25, -0.2) is 8.42 Å². The Morgan fingerprint density at radius 1 is 1.26 bits per heavy atom. The highest BCUT2D eigenvalue weighted by Gasteiger charge is 2.33. The number of Topliss-reactive ketones (excluding diaryl/α,β-unsaturated/α-hetero) is 1. The number of rotatable bonds is 5. The predicted octanol–water partition coefficient (Wildman–Crippen LogP) is 1.28. The van der Waals surface area contributed by atoms with Gasteiger partial charge in [0, 0.05) is 12.6 Å². The van der Waals surface area contributed by atoms with Crippen LogP contribution in [0.4, 0.5) is 0 Å². The minimum atomic E-state index is -3.69. The zero-order chi connectivity index (χ0) is 14.8. The van der Waals surface area contributed by atoms with Crippen LogP contribution in [0, 0.1) is 0 Å². The first-order valence-electron chi connectivity index (χ1n) is 5.84. The van der Waals surface area contributed by atoms with Crippen LogP contribution in [-0.4, -0.2) is 42.8 Å². The molecule has 0 atom stereocenters. The Morgan fingerprint density at radius 3 is 2.11 bits per heavy atom. The Morgan fingerprint density at radius 2 is 1.74 bits per heavy atom. The third kappa shape index (κ3) is 3.20. The molecule has 0 aliphatic carbocycles. The van der Waals surface area contributed by atoms with E-state index in [0.29, 0.717) is 5.56 Å². The van der Waals surface area contributed by atoms with Crippen molar-refractivity contribution < 1.29 is 18.3 Å². The minimum Gasteiger partial charge on any atom is -0.394 e. The summed E-state index contributed by atoms with van der Waals surface area (Å²) in [6, 6.07) is 5.76. The molecule has 0 aromatic heterocycles.